The van der Waals surface area contributed by atoms with Crippen molar-refractivity contribution in [2.45, 2.75) is 26.2 Å². The molecule has 0 radical (unpaired) electrons. The molecule has 1 atom stereocenters. The molecule has 1 aromatic carbocycles. The zero-order valence-corrected chi connectivity index (χ0v) is 13.6. The van der Waals surface area contributed by atoms with E-state index in [-0.39, 0.29) is 12.4 Å². The summed E-state index contributed by atoms with van der Waals surface area (Å²) in [6, 6.07) is 9.59. The average Bonchev–Trinajstić information content (AvgIpc) is 2.84. The first-order valence-electron chi connectivity index (χ1n) is 6.73. The number of ether oxygens (including phenoxy) is 1. The van der Waals surface area contributed by atoms with E-state index >= 15 is 0 Å². The summed E-state index contributed by atoms with van der Waals surface area (Å²) in [7, 11) is 0. The van der Waals surface area contributed by atoms with Crippen LogP contribution in [0.2, 0.25) is 0 Å². The second-order valence-electron chi connectivity index (χ2n) is 4.79. The summed E-state index contributed by atoms with van der Waals surface area (Å²) in [5, 5.41) is 0. The Morgan fingerprint density at radius 2 is 2.10 bits per heavy atom. The molecule has 0 aliphatic heterocycles. The highest BCUT2D eigenvalue weighted by Gasteiger charge is 2.52. The molecule has 0 spiro atoms. The molecule has 0 heterocycles. The SMILES string of the molecule is CCOC(=O)[C@@]1(/C(=C/I)c2ccccc2)CCCC1=O. The first-order chi connectivity index (χ1) is 9.66. The van der Waals surface area contributed by atoms with Gasteiger partial charge in [0.2, 0.25) is 0 Å². The minimum atomic E-state index is -1.11. The third-order valence-electron chi connectivity index (χ3n) is 3.71. The van der Waals surface area contributed by atoms with Gasteiger partial charge in [-0.3, -0.25) is 9.59 Å². The number of Topliss-reactive ketones (excluding diaryl/α,β-unsaturated/α-hetero) is 1. The maximum absolute atomic E-state index is 12.5. The van der Waals surface area contributed by atoms with Gasteiger partial charge in [0, 0.05) is 6.42 Å². The van der Waals surface area contributed by atoms with E-state index in [1.165, 1.54) is 0 Å². The van der Waals surface area contributed by atoms with Gasteiger partial charge in [-0.2, -0.15) is 0 Å². The maximum atomic E-state index is 12.5. The van der Waals surface area contributed by atoms with Crippen molar-refractivity contribution in [1.29, 1.82) is 0 Å². The molecule has 1 aliphatic rings. The molecule has 1 saturated carbocycles. The molecule has 0 amide bonds. The largest absolute Gasteiger partial charge is 0.465 e. The number of halogens is 1. The molecule has 20 heavy (non-hydrogen) atoms. The van der Waals surface area contributed by atoms with Crippen LogP contribution in [0.4, 0.5) is 0 Å². The van der Waals surface area contributed by atoms with Crippen LogP contribution in [-0.4, -0.2) is 18.4 Å². The Bertz CT molecular complexity index is 536. The number of carbonyl (C=O) groups excluding carboxylic acids is 2. The minimum Gasteiger partial charge on any atom is -0.465 e. The Balaban J connectivity index is 2.51. The molecule has 1 fully saturated rings. The van der Waals surface area contributed by atoms with Crippen LogP contribution in [0.5, 0.6) is 0 Å². The third-order valence-corrected chi connectivity index (χ3v) is 4.33. The van der Waals surface area contributed by atoms with Crippen molar-refractivity contribution in [3.05, 3.63) is 40.0 Å². The lowest BCUT2D eigenvalue weighted by molar-refractivity contribution is -0.154. The Labute approximate surface area is 132 Å². The fourth-order valence-corrected chi connectivity index (χ4v) is 3.64. The fraction of sp³-hybridized carbons (Fsp3) is 0.375. The van der Waals surface area contributed by atoms with Gasteiger partial charge in [-0.05, 0) is 35.0 Å². The highest BCUT2D eigenvalue weighted by molar-refractivity contribution is 14.1. The average molecular weight is 384 g/mol. The second kappa shape index (κ2) is 6.52. The van der Waals surface area contributed by atoms with Gasteiger partial charge in [-0.15, -0.1) is 0 Å². The Kier molecular flexibility index (Phi) is 4.96. The number of ketones is 1. The third kappa shape index (κ3) is 2.53. The van der Waals surface area contributed by atoms with Crippen LogP contribution in [0.15, 0.2) is 34.4 Å². The quantitative estimate of drug-likeness (QED) is 0.451. The molecular weight excluding hydrogens is 367 g/mol. The molecule has 0 bridgehead atoms. The first-order valence-corrected chi connectivity index (χ1v) is 7.98. The predicted octanol–water partition coefficient (Wildman–Crippen LogP) is 3.77. The van der Waals surface area contributed by atoms with Crippen molar-refractivity contribution >= 4 is 39.9 Å². The summed E-state index contributed by atoms with van der Waals surface area (Å²) in [6.07, 6.45) is 1.71. The fourth-order valence-electron chi connectivity index (χ4n) is 2.75. The summed E-state index contributed by atoms with van der Waals surface area (Å²) < 4.78 is 7.04. The monoisotopic (exact) mass is 384 g/mol. The van der Waals surface area contributed by atoms with E-state index in [2.05, 4.69) is 22.6 Å². The van der Waals surface area contributed by atoms with Crippen LogP contribution in [0.25, 0.3) is 5.57 Å². The van der Waals surface area contributed by atoms with Crippen molar-refractivity contribution in [3.8, 4) is 0 Å². The molecule has 0 N–H and O–H groups in total. The van der Waals surface area contributed by atoms with Crippen molar-refractivity contribution in [1.82, 2.24) is 0 Å². The number of hydrogen-bond donors (Lipinski definition) is 0. The van der Waals surface area contributed by atoms with Crippen molar-refractivity contribution in [2.75, 3.05) is 6.61 Å². The summed E-state index contributed by atoms with van der Waals surface area (Å²) in [5.74, 6) is -0.433. The van der Waals surface area contributed by atoms with E-state index < -0.39 is 11.4 Å². The number of rotatable bonds is 4. The van der Waals surface area contributed by atoms with E-state index in [9.17, 15) is 9.59 Å². The van der Waals surface area contributed by atoms with Crippen LogP contribution >= 0.6 is 22.6 Å². The van der Waals surface area contributed by atoms with E-state index in [0.29, 0.717) is 12.8 Å². The maximum Gasteiger partial charge on any atom is 0.324 e. The Morgan fingerprint density at radius 3 is 2.60 bits per heavy atom. The lowest BCUT2D eigenvalue weighted by Crippen LogP contribution is -2.38. The van der Waals surface area contributed by atoms with Gasteiger partial charge >= 0.3 is 5.97 Å². The molecule has 3 nitrogen and oxygen atoms in total. The predicted molar refractivity (Wildman–Crippen MR) is 86.4 cm³/mol. The Hall–Kier alpha value is -1.17. The molecule has 4 heteroatoms. The van der Waals surface area contributed by atoms with Gasteiger partial charge in [-0.1, -0.05) is 52.9 Å². The standard InChI is InChI=1S/C16H17IO3/c1-2-20-15(19)16(10-6-9-14(16)18)13(11-17)12-7-4-3-5-8-12/h3-5,7-8,11H,2,6,9-10H2,1H3/b13-11+/t16-/m1/s1. The van der Waals surface area contributed by atoms with Gasteiger partial charge in [-0.25, -0.2) is 0 Å². The second-order valence-corrected chi connectivity index (χ2v) is 5.41. The zero-order chi connectivity index (χ0) is 14.6. The van der Waals surface area contributed by atoms with E-state index in [1.807, 2.05) is 34.4 Å². The van der Waals surface area contributed by atoms with Gasteiger partial charge in [0.05, 0.1) is 6.61 Å². The normalized spacial score (nSPS) is 22.9. The van der Waals surface area contributed by atoms with Crippen LogP contribution < -0.4 is 0 Å². The van der Waals surface area contributed by atoms with Crippen LogP contribution in [0.1, 0.15) is 31.7 Å². The molecule has 106 valence electrons. The van der Waals surface area contributed by atoms with Crippen LogP contribution in [0.3, 0.4) is 0 Å². The van der Waals surface area contributed by atoms with Gasteiger partial charge in [0.15, 0.2) is 11.2 Å². The molecule has 1 aromatic rings. The van der Waals surface area contributed by atoms with Crippen molar-refractivity contribution in [3.63, 3.8) is 0 Å². The van der Waals surface area contributed by atoms with Crippen LogP contribution in [-0.2, 0) is 14.3 Å². The summed E-state index contributed by atoms with van der Waals surface area (Å²) >= 11 is 2.10. The van der Waals surface area contributed by atoms with E-state index in [4.69, 9.17) is 4.74 Å². The number of benzene rings is 1. The minimum absolute atomic E-state index is 0.0253. The van der Waals surface area contributed by atoms with E-state index in [0.717, 1.165) is 17.6 Å². The molecule has 2 rings (SSSR count). The molecule has 1 aliphatic carbocycles. The van der Waals surface area contributed by atoms with Gasteiger partial charge < -0.3 is 4.74 Å². The smallest absolute Gasteiger partial charge is 0.324 e. The molecular formula is C16H17IO3. The topological polar surface area (TPSA) is 43.4 Å². The van der Waals surface area contributed by atoms with Gasteiger partial charge in [0.25, 0.3) is 0 Å². The summed E-state index contributed by atoms with van der Waals surface area (Å²) in [5.41, 5.74) is 0.559. The van der Waals surface area contributed by atoms with Crippen molar-refractivity contribution in [2.24, 2.45) is 5.41 Å². The van der Waals surface area contributed by atoms with Gasteiger partial charge in [0.1, 0.15) is 0 Å². The highest BCUT2D eigenvalue weighted by atomic mass is 127. The number of carbonyl (C=O) groups is 2. The van der Waals surface area contributed by atoms with E-state index in [1.54, 1.807) is 6.92 Å². The zero-order valence-electron chi connectivity index (χ0n) is 11.4. The summed E-state index contributed by atoms with van der Waals surface area (Å²) in [6.45, 7) is 2.05. The summed E-state index contributed by atoms with van der Waals surface area (Å²) in [4.78, 5) is 24.9. The van der Waals surface area contributed by atoms with Crippen LogP contribution in [0, 0.1) is 5.41 Å². The van der Waals surface area contributed by atoms with Crippen molar-refractivity contribution < 1.29 is 14.3 Å². The highest BCUT2D eigenvalue weighted by Crippen LogP contribution is 2.47. The lowest BCUT2D eigenvalue weighted by atomic mass is 9.75. The Morgan fingerprint density at radius 1 is 1.40 bits per heavy atom. The number of hydrogen-bond acceptors (Lipinski definition) is 3. The first kappa shape index (κ1) is 15.2. The molecule has 0 saturated heterocycles. The molecule has 0 aromatic heterocycles. The molecule has 0 unspecified atom stereocenters. The number of esters is 1. The lowest BCUT2D eigenvalue weighted by Gasteiger charge is -2.28.